The molecule has 1 aliphatic rings. The first-order valence-electron chi connectivity index (χ1n) is 8.89. The fourth-order valence-electron chi connectivity index (χ4n) is 3.55. The Morgan fingerprint density at radius 2 is 2.16 bits per heavy atom. The summed E-state index contributed by atoms with van der Waals surface area (Å²) < 4.78 is 5.55. The van der Waals surface area contributed by atoms with E-state index < -0.39 is 0 Å². The van der Waals surface area contributed by atoms with Crippen molar-refractivity contribution in [3.63, 3.8) is 0 Å². The van der Waals surface area contributed by atoms with Gasteiger partial charge in [-0.05, 0) is 37.9 Å². The zero-order valence-electron chi connectivity index (χ0n) is 14.4. The summed E-state index contributed by atoms with van der Waals surface area (Å²) in [5, 5.41) is 11.4. The summed E-state index contributed by atoms with van der Waals surface area (Å²) >= 11 is 0. The molecule has 1 N–H and O–H groups in total. The van der Waals surface area contributed by atoms with Crippen LogP contribution in [0.25, 0.3) is 0 Å². The molecule has 0 spiro atoms. The van der Waals surface area contributed by atoms with E-state index >= 15 is 0 Å². The van der Waals surface area contributed by atoms with Gasteiger partial charge in [-0.25, -0.2) is 0 Å². The van der Waals surface area contributed by atoms with Crippen LogP contribution in [0.5, 0.6) is 0 Å². The third-order valence-corrected chi connectivity index (χ3v) is 5.01. The highest BCUT2D eigenvalue weighted by Gasteiger charge is 2.28. The number of hydrogen-bond donors (Lipinski definition) is 1. The predicted octanol–water partition coefficient (Wildman–Crippen LogP) is 3.32. The molecule has 130 valence electrons. The number of benzene rings is 1. The molecule has 25 heavy (non-hydrogen) atoms. The maximum absolute atomic E-state index is 5.55. The van der Waals surface area contributed by atoms with Crippen molar-refractivity contribution in [3.8, 4) is 0 Å². The first-order chi connectivity index (χ1) is 12.3. The average Bonchev–Trinajstić information content (AvgIpc) is 3.34. The summed E-state index contributed by atoms with van der Waals surface area (Å²) in [7, 11) is 0. The normalized spacial score (nSPS) is 19.8. The number of nitrogens with zero attached hydrogens (tertiary/aromatic N) is 4. The van der Waals surface area contributed by atoms with E-state index in [1.165, 1.54) is 24.1 Å². The summed E-state index contributed by atoms with van der Waals surface area (Å²) in [5.41, 5.74) is 2.41. The SMILES string of the molecule is CC(c1nc(Cc2ccccc2)no1)N1CCCC(c2ccn[nH]2)C1. The van der Waals surface area contributed by atoms with Gasteiger partial charge < -0.3 is 4.52 Å². The van der Waals surface area contributed by atoms with Crippen molar-refractivity contribution in [1.29, 1.82) is 0 Å². The minimum absolute atomic E-state index is 0.128. The molecule has 1 saturated heterocycles. The molecular weight excluding hydrogens is 314 g/mol. The fourth-order valence-corrected chi connectivity index (χ4v) is 3.55. The Bertz CT molecular complexity index is 783. The van der Waals surface area contributed by atoms with Crippen molar-refractivity contribution in [3.05, 3.63) is 65.6 Å². The number of aromatic nitrogens is 4. The molecule has 3 aromatic rings. The highest BCUT2D eigenvalue weighted by molar-refractivity contribution is 5.18. The van der Waals surface area contributed by atoms with Crippen molar-refractivity contribution < 1.29 is 4.52 Å². The van der Waals surface area contributed by atoms with Gasteiger partial charge in [0.1, 0.15) is 0 Å². The van der Waals surface area contributed by atoms with E-state index in [0.717, 1.165) is 18.9 Å². The van der Waals surface area contributed by atoms with Crippen LogP contribution in [0.3, 0.4) is 0 Å². The molecule has 1 aliphatic heterocycles. The molecule has 2 atom stereocenters. The molecule has 2 aromatic heterocycles. The van der Waals surface area contributed by atoms with Crippen molar-refractivity contribution in [1.82, 2.24) is 25.2 Å². The van der Waals surface area contributed by atoms with Crippen LogP contribution in [-0.4, -0.2) is 38.3 Å². The Morgan fingerprint density at radius 3 is 2.96 bits per heavy atom. The molecule has 1 aromatic carbocycles. The lowest BCUT2D eigenvalue weighted by Crippen LogP contribution is -2.36. The number of aromatic amines is 1. The summed E-state index contributed by atoms with van der Waals surface area (Å²) in [6.07, 6.45) is 4.88. The van der Waals surface area contributed by atoms with Crippen LogP contribution in [0.2, 0.25) is 0 Å². The van der Waals surface area contributed by atoms with Gasteiger partial charge in [0.2, 0.25) is 5.89 Å². The van der Waals surface area contributed by atoms with E-state index in [2.05, 4.69) is 50.4 Å². The molecule has 0 aliphatic carbocycles. The molecule has 6 heteroatoms. The van der Waals surface area contributed by atoms with Gasteiger partial charge in [0.05, 0.1) is 6.04 Å². The topological polar surface area (TPSA) is 70.8 Å². The van der Waals surface area contributed by atoms with Gasteiger partial charge >= 0.3 is 0 Å². The molecular formula is C19H23N5O. The number of rotatable bonds is 5. The second kappa shape index (κ2) is 7.19. The lowest BCUT2D eigenvalue weighted by molar-refractivity contribution is 0.132. The summed E-state index contributed by atoms with van der Waals surface area (Å²) in [6, 6.07) is 12.4. The minimum atomic E-state index is 0.128. The first-order valence-corrected chi connectivity index (χ1v) is 8.89. The van der Waals surface area contributed by atoms with Crippen molar-refractivity contribution in [2.45, 2.75) is 38.1 Å². The smallest absolute Gasteiger partial charge is 0.243 e. The van der Waals surface area contributed by atoms with E-state index in [4.69, 9.17) is 4.52 Å². The highest BCUT2D eigenvalue weighted by atomic mass is 16.5. The quantitative estimate of drug-likeness (QED) is 0.773. The van der Waals surface area contributed by atoms with Crippen molar-refractivity contribution >= 4 is 0 Å². The van der Waals surface area contributed by atoms with Gasteiger partial charge in [-0.2, -0.15) is 10.1 Å². The Morgan fingerprint density at radius 1 is 1.28 bits per heavy atom. The summed E-state index contributed by atoms with van der Waals surface area (Å²) in [6.45, 7) is 4.19. The third-order valence-electron chi connectivity index (χ3n) is 5.01. The van der Waals surface area contributed by atoms with Crippen LogP contribution < -0.4 is 0 Å². The monoisotopic (exact) mass is 337 g/mol. The fraction of sp³-hybridized carbons (Fsp3) is 0.421. The second-order valence-electron chi connectivity index (χ2n) is 6.73. The van der Waals surface area contributed by atoms with Crippen LogP contribution in [0.15, 0.2) is 47.1 Å². The Kier molecular flexibility index (Phi) is 4.61. The molecule has 6 nitrogen and oxygen atoms in total. The number of likely N-dealkylation sites (tertiary alicyclic amines) is 1. The molecule has 0 radical (unpaired) electrons. The van der Waals surface area contributed by atoms with Crippen LogP contribution in [0, 0.1) is 0 Å². The summed E-state index contributed by atoms with van der Waals surface area (Å²) in [4.78, 5) is 7.05. The van der Waals surface area contributed by atoms with Gasteiger partial charge in [-0.1, -0.05) is 35.5 Å². The van der Waals surface area contributed by atoms with Crippen LogP contribution in [-0.2, 0) is 6.42 Å². The largest absolute Gasteiger partial charge is 0.338 e. The molecule has 0 saturated carbocycles. The maximum Gasteiger partial charge on any atom is 0.243 e. The molecule has 2 unspecified atom stereocenters. The molecule has 0 amide bonds. The van der Waals surface area contributed by atoms with E-state index in [0.29, 0.717) is 18.2 Å². The molecule has 0 bridgehead atoms. The number of nitrogens with one attached hydrogen (secondary N) is 1. The van der Waals surface area contributed by atoms with Crippen molar-refractivity contribution in [2.75, 3.05) is 13.1 Å². The Hall–Kier alpha value is -2.47. The van der Waals surface area contributed by atoms with Crippen LogP contribution in [0.1, 0.15) is 54.7 Å². The zero-order chi connectivity index (χ0) is 17.1. The number of H-pyrrole nitrogens is 1. The second-order valence-corrected chi connectivity index (χ2v) is 6.73. The predicted molar refractivity (Wildman–Crippen MR) is 94.1 cm³/mol. The maximum atomic E-state index is 5.55. The van der Waals surface area contributed by atoms with Gasteiger partial charge in [0.15, 0.2) is 5.82 Å². The third kappa shape index (κ3) is 3.64. The van der Waals surface area contributed by atoms with Gasteiger partial charge in [-0.15, -0.1) is 0 Å². The summed E-state index contributed by atoms with van der Waals surface area (Å²) in [5.74, 6) is 1.94. The zero-order valence-corrected chi connectivity index (χ0v) is 14.4. The van der Waals surface area contributed by atoms with E-state index in [1.807, 2.05) is 24.4 Å². The molecule has 3 heterocycles. The van der Waals surface area contributed by atoms with E-state index in [1.54, 1.807) is 0 Å². The van der Waals surface area contributed by atoms with Gasteiger partial charge in [0.25, 0.3) is 0 Å². The van der Waals surface area contributed by atoms with E-state index in [9.17, 15) is 0 Å². The van der Waals surface area contributed by atoms with Gasteiger partial charge in [-0.3, -0.25) is 10.00 Å². The Labute approximate surface area is 147 Å². The number of piperidine rings is 1. The lowest BCUT2D eigenvalue weighted by atomic mass is 9.94. The molecule has 4 rings (SSSR count). The minimum Gasteiger partial charge on any atom is -0.338 e. The Balaban J connectivity index is 1.43. The average molecular weight is 337 g/mol. The van der Waals surface area contributed by atoms with Crippen molar-refractivity contribution in [2.24, 2.45) is 0 Å². The standard InChI is InChI=1S/C19H23N5O/c1-14(24-11-5-8-16(13-24)17-9-10-20-22-17)19-21-18(23-25-19)12-15-6-3-2-4-7-15/h2-4,6-7,9-10,14,16H,5,8,11-13H2,1H3,(H,20,22). The number of hydrogen-bond acceptors (Lipinski definition) is 5. The highest BCUT2D eigenvalue weighted by Crippen LogP contribution is 2.30. The first kappa shape index (κ1) is 16.0. The molecule has 1 fully saturated rings. The lowest BCUT2D eigenvalue weighted by Gasteiger charge is -2.34. The van der Waals surface area contributed by atoms with E-state index in [-0.39, 0.29) is 6.04 Å². The van der Waals surface area contributed by atoms with Crippen LogP contribution >= 0.6 is 0 Å². The van der Waals surface area contributed by atoms with Crippen LogP contribution in [0.4, 0.5) is 0 Å². The van der Waals surface area contributed by atoms with Gasteiger partial charge in [0, 0.05) is 30.8 Å².